The first-order valence-corrected chi connectivity index (χ1v) is 6.53. The number of ether oxygens (including phenoxy) is 1. The van der Waals surface area contributed by atoms with E-state index in [2.05, 4.69) is 10.3 Å². The number of nitrogens with zero attached hydrogens (tertiary/aromatic N) is 2. The van der Waals surface area contributed by atoms with Crippen molar-refractivity contribution in [2.24, 2.45) is 0 Å². The standard InChI is InChI=1S/C12H13Cl2N3O4/c1-15-9(18)5-17(2)10(19)6-21-12(20)7-3-8(13)11(14)16-4-7/h3-4H,5-6H2,1-2H3,(H,15,18). The van der Waals surface area contributed by atoms with Crippen LogP contribution < -0.4 is 5.32 Å². The summed E-state index contributed by atoms with van der Waals surface area (Å²) in [4.78, 5) is 39.3. The number of likely N-dealkylation sites (N-methyl/N-ethyl adjacent to an activating group) is 2. The third-order valence-corrected chi connectivity index (χ3v) is 3.13. The summed E-state index contributed by atoms with van der Waals surface area (Å²) >= 11 is 11.3. The molecule has 1 rings (SSSR count). The molecule has 0 radical (unpaired) electrons. The first kappa shape index (κ1) is 17.2. The predicted molar refractivity (Wildman–Crippen MR) is 76.2 cm³/mol. The van der Waals surface area contributed by atoms with Gasteiger partial charge in [-0.3, -0.25) is 9.59 Å². The molecular formula is C12H13Cl2N3O4. The molecule has 21 heavy (non-hydrogen) atoms. The highest BCUT2D eigenvalue weighted by Gasteiger charge is 2.16. The van der Waals surface area contributed by atoms with Crippen LogP contribution in [0, 0.1) is 0 Å². The van der Waals surface area contributed by atoms with E-state index in [1.807, 2.05) is 0 Å². The molecule has 0 fully saturated rings. The third kappa shape index (κ3) is 5.20. The quantitative estimate of drug-likeness (QED) is 0.634. The number of halogens is 2. The molecule has 0 aliphatic rings. The van der Waals surface area contributed by atoms with Crippen LogP contribution in [0.15, 0.2) is 12.3 Å². The minimum absolute atomic E-state index is 0.0644. The van der Waals surface area contributed by atoms with E-state index in [0.29, 0.717) is 0 Å². The Kier molecular flexibility index (Phi) is 6.39. The van der Waals surface area contributed by atoms with E-state index < -0.39 is 18.5 Å². The number of rotatable bonds is 5. The largest absolute Gasteiger partial charge is 0.452 e. The Labute approximate surface area is 131 Å². The van der Waals surface area contributed by atoms with E-state index in [1.54, 1.807) is 0 Å². The zero-order chi connectivity index (χ0) is 16.0. The molecule has 0 atom stereocenters. The van der Waals surface area contributed by atoms with Gasteiger partial charge in [0, 0.05) is 20.3 Å². The highest BCUT2D eigenvalue weighted by atomic mass is 35.5. The van der Waals surface area contributed by atoms with Crippen LogP contribution >= 0.6 is 23.2 Å². The van der Waals surface area contributed by atoms with Crippen molar-refractivity contribution in [3.63, 3.8) is 0 Å². The fourth-order valence-electron chi connectivity index (χ4n) is 1.24. The maximum Gasteiger partial charge on any atom is 0.340 e. The molecule has 1 heterocycles. The Morgan fingerprint density at radius 3 is 2.62 bits per heavy atom. The fraction of sp³-hybridized carbons (Fsp3) is 0.333. The van der Waals surface area contributed by atoms with Crippen LogP contribution in [0.5, 0.6) is 0 Å². The summed E-state index contributed by atoms with van der Waals surface area (Å²) in [7, 11) is 2.88. The van der Waals surface area contributed by atoms with Gasteiger partial charge >= 0.3 is 5.97 Å². The number of carbonyl (C=O) groups is 3. The van der Waals surface area contributed by atoms with Gasteiger partial charge in [0.15, 0.2) is 6.61 Å². The van der Waals surface area contributed by atoms with Crippen molar-refractivity contribution in [3.8, 4) is 0 Å². The lowest BCUT2D eigenvalue weighted by molar-refractivity contribution is -0.137. The number of pyridine rings is 1. The smallest absolute Gasteiger partial charge is 0.340 e. The van der Waals surface area contributed by atoms with E-state index in [0.717, 1.165) is 4.90 Å². The molecule has 0 unspecified atom stereocenters. The van der Waals surface area contributed by atoms with Crippen LogP contribution in [-0.4, -0.2) is 54.9 Å². The molecule has 0 aromatic carbocycles. The summed E-state index contributed by atoms with van der Waals surface area (Å²) in [5.41, 5.74) is 0.0751. The van der Waals surface area contributed by atoms with Crippen molar-refractivity contribution in [1.29, 1.82) is 0 Å². The second-order valence-electron chi connectivity index (χ2n) is 4.00. The fourth-order valence-corrected chi connectivity index (χ4v) is 1.51. The Morgan fingerprint density at radius 2 is 2.05 bits per heavy atom. The summed E-state index contributed by atoms with van der Waals surface area (Å²) in [5.74, 6) is -1.60. The van der Waals surface area contributed by atoms with Gasteiger partial charge in [-0.15, -0.1) is 0 Å². The SMILES string of the molecule is CNC(=O)CN(C)C(=O)COC(=O)c1cnc(Cl)c(Cl)c1. The van der Waals surface area contributed by atoms with E-state index in [4.69, 9.17) is 27.9 Å². The van der Waals surface area contributed by atoms with Crippen LogP contribution in [0.2, 0.25) is 10.2 Å². The normalized spacial score (nSPS) is 9.90. The molecule has 0 spiro atoms. The minimum atomic E-state index is -0.761. The van der Waals surface area contributed by atoms with Crippen molar-refractivity contribution in [2.75, 3.05) is 27.2 Å². The molecule has 9 heteroatoms. The maximum absolute atomic E-state index is 11.7. The molecule has 1 aromatic rings. The van der Waals surface area contributed by atoms with Gasteiger partial charge < -0.3 is 15.0 Å². The van der Waals surface area contributed by atoms with E-state index >= 15 is 0 Å². The average Bonchev–Trinajstić information content (AvgIpc) is 2.46. The first-order valence-electron chi connectivity index (χ1n) is 5.78. The summed E-state index contributed by atoms with van der Waals surface area (Å²) in [6.45, 7) is -0.617. The second-order valence-corrected chi connectivity index (χ2v) is 4.76. The molecule has 0 saturated heterocycles. The van der Waals surface area contributed by atoms with Crippen LogP contribution in [0.1, 0.15) is 10.4 Å². The number of carbonyl (C=O) groups excluding carboxylic acids is 3. The third-order valence-electron chi connectivity index (χ3n) is 2.44. The summed E-state index contributed by atoms with van der Waals surface area (Å²) in [6.07, 6.45) is 1.19. The predicted octanol–water partition coefficient (Wildman–Crippen LogP) is 0.750. The monoisotopic (exact) mass is 333 g/mol. The lowest BCUT2D eigenvalue weighted by Gasteiger charge is -2.15. The number of nitrogens with one attached hydrogen (secondary N) is 1. The van der Waals surface area contributed by atoms with Gasteiger partial charge in [0.2, 0.25) is 5.91 Å². The molecule has 1 N–H and O–H groups in total. The van der Waals surface area contributed by atoms with Crippen molar-refractivity contribution in [2.45, 2.75) is 0 Å². The molecule has 1 aromatic heterocycles. The van der Waals surface area contributed by atoms with Gasteiger partial charge in [-0.2, -0.15) is 0 Å². The number of amides is 2. The summed E-state index contributed by atoms with van der Waals surface area (Å²) < 4.78 is 4.82. The lowest BCUT2D eigenvalue weighted by atomic mass is 10.3. The maximum atomic E-state index is 11.7. The Bertz CT molecular complexity index is 565. The molecule has 114 valence electrons. The molecular weight excluding hydrogens is 321 g/mol. The number of esters is 1. The molecule has 0 aliphatic heterocycles. The van der Waals surface area contributed by atoms with Crippen molar-refractivity contribution in [1.82, 2.24) is 15.2 Å². The molecule has 0 aliphatic carbocycles. The molecule has 2 amide bonds. The average molecular weight is 334 g/mol. The van der Waals surface area contributed by atoms with Gasteiger partial charge in [0.05, 0.1) is 17.1 Å². The van der Waals surface area contributed by atoms with Crippen LogP contribution in [0.4, 0.5) is 0 Å². The summed E-state index contributed by atoms with van der Waals surface area (Å²) in [5, 5.41) is 2.55. The van der Waals surface area contributed by atoms with Crippen molar-refractivity contribution < 1.29 is 19.1 Å². The minimum Gasteiger partial charge on any atom is -0.452 e. The van der Waals surface area contributed by atoms with Gasteiger partial charge in [0.1, 0.15) is 5.15 Å². The Morgan fingerprint density at radius 1 is 1.38 bits per heavy atom. The van der Waals surface area contributed by atoms with Crippen LogP contribution in [0.25, 0.3) is 0 Å². The highest BCUT2D eigenvalue weighted by Crippen LogP contribution is 2.19. The molecule has 0 saturated carbocycles. The Balaban J connectivity index is 2.54. The zero-order valence-corrected chi connectivity index (χ0v) is 12.9. The van der Waals surface area contributed by atoms with Crippen molar-refractivity contribution in [3.05, 3.63) is 28.0 Å². The summed E-state index contributed by atoms with van der Waals surface area (Å²) in [6, 6.07) is 1.29. The van der Waals surface area contributed by atoms with E-state index in [9.17, 15) is 14.4 Å². The van der Waals surface area contributed by atoms with E-state index in [1.165, 1.54) is 26.4 Å². The first-order chi connectivity index (χ1) is 9.85. The molecule has 0 bridgehead atoms. The van der Waals surface area contributed by atoms with Gasteiger partial charge in [-0.05, 0) is 6.07 Å². The zero-order valence-electron chi connectivity index (χ0n) is 11.4. The van der Waals surface area contributed by atoms with Gasteiger partial charge in [-0.25, -0.2) is 9.78 Å². The van der Waals surface area contributed by atoms with Crippen LogP contribution in [-0.2, 0) is 14.3 Å². The van der Waals surface area contributed by atoms with Crippen molar-refractivity contribution >= 4 is 41.0 Å². The number of hydrogen-bond acceptors (Lipinski definition) is 5. The Hall–Kier alpha value is -1.86. The second kappa shape index (κ2) is 7.80. The van der Waals surface area contributed by atoms with E-state index in [-0.39, 0.29) is 28.2 Å². The van der Waals surface area contributed by atoms with Crippen LogP contribution in [0.3, 0.4) is 0 Å². The van der Waals surface area contributed by atoms with Gasteiger partial charge in [0.25, 0.3) is 5.91 Å². The topological polar surface area (TPSA) is 88.6 Å². The highest BCUT2D eigenvalue weighted by molar-refractivity contribution is 6.41. The molecule has 7 nitrogen and oxygen atoms in total. The number of aromatic nitrogens is 1. The number of hydrogen-bond donors (Lipinski definition) is 1. The van der Waals surface area contributed by atoms with Gasteiger partial charge in [-0.1, -0.05) is 23.2 Å². The lowest BCUT2D eigenvalue weighted by Crippen LogP contribution is -2.39.